The third-order valence-electron chi connectivity index (χ3n) is 3.86. The highest BCUT2D eigenvalue weighted by Crippen LogP contribution is 2.35. The van der Waals surface area contributed by atoms with Crippen molar-refractivity contribution in [3.05, 3.63) is 12.2 Å². The second-order valence-electron chi connectivity index (χ2n) is 6.82. The Kier molecular flexibility index (Phi) is 13.9. The van der Waals surface area contributed by atoms with E-state index in [9.17, 15) is 9.67 Å². The lowest BCUT2D eigenvalue weighted by atomic mass is 10.0. The van der Waals surface area contributed by atoms with Crippen LogP contribution in [0, 0.1) is 5.92 Å². The fourth-order valence-corrected chi connectivity index (χ4v) is 2.73. The van der Waals surface area contributed by atoms with E-state index >= 15 is 0 Å². The molecule has 0 unspecified atom stereocenters. The van der Waals surface area contributed by atoms with E-state index in [0.29, 0.717) is 0 Å². The summed E-state index contributed by atoms with van der Waals surface area (Å²) in [5, 5.41) is 9.73. The van der Waals surface area contributed by atoms with Crippen LogP contribution >= 0.6 is 7.82 Å². The van der Waals surface area contributed by atoms with E-state index in [1.54, 1.807) is 6.08 Å². The second-order valence-corrected chi connectivity index (χ2v) is 8.05. The van der Waals surface area contributed by atoms with E-state index < -0.39 is 20.0 Å². The molecule has 0 radical (unpaired) electrons. The molecule has 0 fully saturated rings. The van der Waals surface area contributed by atoms with Crippen LogP contribution in [-0.2, 0) is 9.09 Å². The van der Waals surface area contributed by atoms with Crippen molar-refractivity contribution < 1.29 is 24.0 Å². The van der Waals surface area contributed by atoms with E-state index in [1.807, 2.05) is 6.08 Å². The maximum Gasteiger partial charge on any atom is 0.469 e. The molecule has 5 N–H and O–H groups in total. The molecule has 0 spiro atoms. The van der Waals surface area contributed by atoms with Crippen molar-refractivity contribution in [3.8, 4) is 0 Å². The van der Waals surface area contributed by atoms with Gasteiger partial charge in [-0.2, -0.15) is 0 Å². The Morgan fingerprint density at radius 1 is 1.04 bits per heavy atom. The molecule has 0 aromatic carbocycles. The van der Waals surface area contributed by atoms with Crippen molar-refractivity contribution in [2.24, 2.45) is 11.7 Å². The summed E-state index contributed by atoms with van der Waals surface area (Å²) >= 11 is 0. The first kappa shape index (κ1) is 23.8. The van der Waals surface area contributed by atoms with Crippen LogP contribution in [0.2, 0.25) is 0 Å². The van der Waals surface area contributed by atoms with Crippen LogP contribution in [0.4, 0.5) is 0 Å². The number of allylic oxidation sites excluding steroid dienone is 1. The molecule has 0 amide bonds. The Morgan fingerprint density at radius 2 is 1.58 bits per heavy atom. The monoisotopic (exact) mass is 365 g/mol. The van der Waals surface area contributed by atoms with Crippen LogP contribution in [-0.4, -0.2) is 33.6 Å². The summed E-state index contributed by atoms with van der Waals surface area (Å²) in [5.41, 5.74) is 5.59. The van der Waals surface area contributed by atoms with Crippen molar-refractivity contribution in [2.45, 2.75) is 83.8 Å². The van der Waals surface area contributed by atoms with Crippen LogP contribution < -0.4 is 5.73 Å². The standard InChI is InChI=1S/C17H36NO5P/c1-15(2)12-10-8-6-4-3-5-7-9-11-13-17(19)16(18)14-23-24(20,21)22/h11,13,15-17,19H,3-10,12,14,18H2,1-2H3,(H2,20,21,22)/b13-11+/t16-,17+/m0/s1. The molecular formula is C17H36NO5P. The number of unbranched alkanes of at least 4 members (excludes halogenated alkanes) is 7. The van der Waals surface area contributed by atoms with Crippen molar-refractivity contribution in [3.63, 3.8) is 0 Å². The fourth-order valence-electron chi connectivity index (χ4n) is 2.36. The topological polar surface area (TPSA) is 113 Å². The first-order valence-corrected chi connectivity index (χ1v) is 10.6. The van der Waals surface area contributed by atoms with Crippen LogP contribution in [0.1, 0.15) is 71.6 Å². The maximum absolute atomic E-state index is 10.5. The average Bonchev–Trinajstić information content (AvgIpc) is 2.48. The van der Waals surface area contributed by atoms with Gasteiger partial charge in [0, 0.05) is 0 Å². The highest BCUT2D eigenvalue weighted by atomic mass is 31.2. The zero-order valence-electron chi connectivity index (χ0n) is 15.1. The van der Waals surface area contributed by atoms with E-state index in [4.69, 9.17) is 15.5 Å². The van der Waals surface area contributed by atoms with Gasteiger partial charge in [0.15, 0.2) is 0 Å². The normalized spacial score (nSPS) is 15.3. The van der Waals surface area contributed by atoms with Gasteiger partial charge >= 0.3 is 7.82 Å². The van der Waals surface area contributed by atoms with Crippen molar-refractivity contribution in [2.75, 3.05) is 6.61 Å². The third kappa shape index (κ3) is 16.6. The van der Waals surface area contributed by atoms with Gasteiger partial charge in [-0.25, -0.2) is 4.57 Å². The van der Waals surface area contributed by atoms with Gasteiger partial charge in [0.25, 0.3) is 0 Å². The molecular weight excluding hydrogens is 329 g/mol. The number of rotatable bonds is 15. The van der Waals surface area contributed by atoms with Crippen LogP contribution in [0.15, 0.2) is 12.2 Å². The molecule has 0 aliphatic carbocycles. The summed E-state index contributed by atoms with van der Waals surface area (Å²) in [4.78, 5) is 17.1. The molecule has 0 saturated heterocycles. The lowest BCUT2D eigenvalue weighted by Gasteiger charge is -2.15. The smallest absolute Gasteiger partial charge is 0.387 e. The van der Waals surface area contributed by atoms with E-state index in [2.05, 4.69) is 18.4 Å². The van der Waals surface area contributed by atoms with Gasteiger partial charge in [-0.1, -0.05) is 70.9 Å². The lowest BCUT2D eigenvalue weighted by molar-refractivity contribution is 0.129. The molecule has 7 heteroatoms. The third-order valence-corrected chi connectivity index (χ3v) is 4.34. The van der Waals surface area contributed by atoms with E-state index in [1.165, 1.54) is 44.9 Å². The minimum absolute atomic E-state index is 0.382. The Bertz CT molecular complexity index is 370. The summed E-state index contributed by atoms with van der Waals surface area (Å²) in [7, 11) is -4.53. The maximum atomic E-state index is 10.5. The molecule has 0 heterocycles. The quantitative estimate of drug-likeness (QED) is 0.201. The minimum Gasteiger partial charge on any atom is -0.387 e. The van der Waals surface area contributed by atoms with Gasteiger partial charge in [0.2, 0.25) is 0 Å². The van der Waals surface area contributed by atoms with E-state index in [-0.39, 0.29) is 6.61 Å². The molecule has 6 nitrogen and oxygen atoms in total. The Labute approximate surface area is 146 Å². The van der Waals surface area contributed by atoms with Crippen molar-refractivity contribution >= 4 is 7.82 Å². The predicted molar refractivity (Wildman–Crippen MR) is 97.5 cm³/mol. The Morgan fingerprint density at radius 3 is 2.12 bits per heavy atom. The summed E-state index contributed by atoms with van der Waals surface area (Å²) in [5.74, 6) is 0.809. The molecule has 0 aliphatic heterocycles. The predicted octanol–water partition coefficient (Wildman–Crippen LogP) is 3.51. The number of aliphatic hydroxyl groups excluding tert-OH is 1. The zero-order chi connectivity index (χ0) is 18.4. The fraction of sp³-hybridized carbons (Fsp3) is 0.882. The first-order valence-electron chi connectivity index (χ1n) is 9.02. The number of phosphoric ester groups is 1. The number of nitrogens with two attached hydrogens (primary N) is 1. The summed E-state index contributed by atoms with van der Waals surface area (Å²) in [6.07, 6.45) is 13.4. The Hall–Kier alpha value is -0.230. The van der Waals surface area contributed by atoms with Crippen LogP contribution in [0.5, 0.6) is 0 Å². The molecule has 2 atom stereocenters. The summed E-state index contributed by atoms with van der Waals surface area (Å²) in [6.45, 7) is 4.15. The number of phosphoric acid groups is 1. The molecule has 0 aromatic rings. The van der Waals surface area contributed by atoms with Gasteiger partial charge in [-0.05, 0) is 18.8 Å². The van der Waals surface area contributed by atoms with E-state index in [0.717, 1.165) is 18.8 Å². The molecule has 0 rings (SSSR count). The van der Waals surface area contributed by atoms with Crippen molar-refractivity contribution in [1.82, 2.24) is 0 Å². The largest absolute Gasteiger partial charge is 0.469 e. The zero-order valence-corrected chi connectivity index (χ0v) is 16.0. The van der Waals surface area contributed by atoms with Gasteiger partial charge < -0.3 is 20.6 Å². The number of hydrogen-bond acceptors (Lipinski definition) is 4. The molecule has 0 aromatic heterocycles. The molecule has 24 heavy (non-hydrogen) atoms. The lowest BCUT2D eigenvalue weighted by Crippen LogP contribution is -2.37. The van der Waals surface area contributed by atoms with Gasteiger partial charge in [0.1, 0.15) is 0 Å². The van der Waals surface area contributed by atoms with Crippen LogP contribution in [0.3, 0.4) is 0 Å². The summed E-state index contributed by atoms with van der Waals surface area (Å²) < 4.78 is 14.8. The molecule has 0 aliphatic rings. The second kappa shape index (κ2) is 14.0. The van der Waals surface area contributed by atoms with Gasteiger partial charge in [-0.3, -0.25) is 4.52 Å². The molecule has 0 saturated carbocycles. The summed E-state index contributed by atoms with van der Waals surface area (Å²) in [6, 6.07) is -0.847. The number of aliphatic hydroxyl groups is 1. The van der Waals surface area contributed by atoms with Crippen LogP contribution in [0.25, 0.3) is 0 Å². The average molecular weight is 365 g/mol. The minimum atomic E-state index is -4.53. The highest BCUT2D eigenvalue weighted by molar-refractivity contribution is 7.46. The van der Waals surface area contributed by atoms with Gasteiger partial charge in [0.05, 0.1) is 18.8 Å². The Balaban J connectivity index is 3.52. The first-order chi connectivity index (χ1) is 11.2. The number of hydrogen-bond donors (Lipinski definition) is 4. The molecule has 0 bridgehead atoms. The SMILES string of the molecule is CC(C)CCCCCCCCC/C=C/[C@@H](O)[C@@H](N)COP(=O)(O)O. The van der Waals surface area contributed by atoms with Crippen molar-refractivity contribution in [1.29, 1.82) is 0 Å². The van der Waals surface area contributed by atoms with Gasteiger partial charge in [-0.15, -0.1) is 0 Å². The molecule has 144 valence electrons. The highest BCUT2D eigenvalue weighted by Gasteiger charge is 2.19.